The molecule has 2 rings (SSSR count). The van der Waals surface area contributed by atoms with Crippen molar-refractivity contribution in [3.8, 4) is 11.5 Å². The number of hydrogen-bond acceptors (Lipinski definition) is 3. The molecule has 21 heavy (non-hydrogen) atoms. The van der Waals surface area contributed by atoms with E-state index in [1.807, 2.05) is 13.8 Å². The first-order valence-electron chi connectivity index (χ1n) is 6.06. The maximum atomic E-state index is 13.7. The summed E-state index contributed by atoms with van der Waals surface area (Å²) in [4.78, 5) is 10.8. The van der Waals surface area contributed by atoms with E-state index in [4.69, 9.17) is 27.2 Å². The van der Waals surface area contributed by atoms with Crippen molar-refractivity contribution < 1.29 is 19.0 Å². The molecule has 0 heterocycles. The molecule has 0 bridgehead atoms. The Balaban J connectivity index is 2.41. The van der Waals surface area contributed by atoms with Crippen LogP contribution in [0.1, 0.15) is 21.5 Å². The summed E-state index contributed by atoms with van der Waals surface area (Å²) in [6.45, 7) is 3.64. The van der Waals surface area contributed by atoms with Crippen molar-refractivity contribution in [1.82, 2.24) is 0 Å². The number of aryl methyl sites for hydroxylation is 2. The van der Waals surface area contributed by atoms with Crippen LogP contribution in [0.5, 0.6) is 11.5 Å². The van der Waals surface area contributed by atoms with E-state index < -0.39 is 17.3 Å². The molecular formula is C15H13ClFNO3. The third-order valence-corrected chi connectivity index (χ3v) is 3.56. The molecule has 0 aliphatic heterocycles. The quantitative estimate of drug-likeness (QED) is 0.835. The molecule has 4 nitrogen and oxygen atoms in total. The van der Waals surface area contributed by atoms with Crippen molar-refractivity contribution >= 4 is 23.3 Å². The van der Waals surface area contributed by atoms with Crippen LogP contribution in [0.4, 0.5) is 10.1 Å². The monoisotopic (exact) mass is 309 g/mol. The van der Waals surface area contributed by atoms with E-state index in [1.54, 1.807) is 12.1 Å². The second-order valence-electron chi connectivity index (χ2n) is 4.65. The maximum absolute atomic E-state index is 13.7. The third kappa shape index (κ3) is 3.08. The normalized spacial score (nSPS) is 10.5. The minimum absolute atomic E-state index is 0.0408. The molecule has 0 fully saturated rings. The average molecular weight is 310 g/mol. The largest absolute Gasteiger partial charge is 0.478 e. The van der Waals surface area contributed by atoms with Crippen molar-refractivity contribution in [3.63, 3.8) is 0 Å². The van der Waals surface area contributed by atoms with E-state index in [0.717, 1.165) is 23.3 Å². The zero-order valence-corrected chi connectivity index (χ0v) is 12.2. The molecular weight excluding hydrogens is 297 g/mol. The molecule has 6 heteroatoms. The fourth-order valence-corrected chi connectivity index (χ4v) is 2.03. The first kappa shape index (κ1) is 15.1. The summed E-state index contributed by atoms with van der Waals surface area (Å²) < 4.78 is 19.2. The summed E-state index contributed by atoms with van der Waals surface area (Å²) in [6, 6.07) is 5.37. The fraction of sp³-hybridized carbons (Fsp3) is 0.133. The van der Waals surface area contributed by atoms with Crippen LogP contribution in [0, 0.1) is 19.7 Å². The number of carboxylic acid groups (broad SMARTS) is 1. The highest BCUT2D eigenvalue weighted by molar-refractivity contribution is 6.32. The molecule has 0 saturated carbocycles. The van der Waals surface area contributed by atoms with E-state index in [2.05, 4.69) is 0 Å². The molecule has 0 saturated heterocycles. The third-order valence-electron chi connectivity index (χ3n) is 2.97. The standard InChI is InChI=1S/C15H13ClFNO3/c1-7-3-9(4-8(2)14(7)16)21-13-6-11(17)10(15(19)20)5-12(13)18/h3-6H,18H2,1-2H3,(H,19,20). The predicted molar refractivity (Wildman–Crippen MR) is 78.8 cm³/mol. The van der Waals surface area contributed by atoms with Crippen LogP contribution in [-0.2, 0) is 0 Å². The van der Waals surface area contributed by atoms with Gasteiger partial charge in [-0.3, -0.25) is 0 Å². The minimum Gasteiger partial charge on any atom is -0.478 e. The van der Waals surface area contributed by atoms with E-state index in [-0.39, 0.29) is 11.4 Å². The number of benzene rings is 2. The van der Waals surface area contributed by atoms with Crippen LogP contribution >= 0.6 is 11.6 Å². The highest BCUT2D eigenvalue weighted by Crippen LogP contribution is 2.33. The Morgan fingerprint density at radius 3 is 2.33 bits per heavy atom. The fourth-order valence-electron chi connectivity index (χ4n) is 1.92. The summed E-state index contributed by atoms with van der Waals surface area (Å²) in [5.41, 5.74) is 6.87. The number of aromatic carboxylic acids is 1. The van der Waals surface area contributed by atoms with E-state index >= 15 is 0 Å². The van der Waals surface area contributed by atoms with Crippen molar-refractivity contribution in [3.05, 3.63) is 51.8 Å². The average Bonchev–Trinajstić information content (AvgIpc) is 2.39. The second kappa shape index (κ2) is 5.61. The summed E-state index contributed by atoms with van der Waals surface area (Å²) in [5, 5.41) is 9.45. The molecule has 3 N–H and O–H groups in total. The number of nitrogens with two attached hydrogens (primary N) is 1. The Morgan fingerprint density at radius 1 is 1.24 bits per heavy atom. The number of carboxylic acids is 1. The van der Waals surface area contributed by atoms with Gasteiger partial charge in [-0.2, -0.15) is 0 Å². The van der Waals surface area contributed by atoms with Crippen LogP contribution in [0.3, 0.4) is 0 Å². The van der Waals surface area contributed by atoms with Gasteiger partial charge in [0.1, 0.15) is 11.6 Å². The van der Waals surface area contributed by atoms with E-state index in [1.165, 1.54) is 0 Å². The Morgan fingerprint density at radius 2 is 1.81 bits per heavy atom. The molecule has 0 radical (unpaired) electrons. The Kier molecular flexibility index (Phi) is 4.04. The highest BCUT2D eigenvalue weighted by atomic mass is 35.5. The van der Waals surface area contributed by atoms with Gasteiger partial charge in [0.15, 0.2) is 5.75 Å². The lowest BCUT2D eigenvalue weighted by Gasteiger charge is -2.12. The van der Waals surface area contributed by atoms with Crippen LogP contribution in [0.15, 0.2) is 24.3 Å². The summed E-state index contributed by atoms with van der Waals surface area (Å²) in [5.74, 6) is -1.79. The Labute approximate surface area is 125 Å². The molecule has 2 aromatic carbocycles. The molecule has 0 spiro atoms. The van der Waals surface area contributed by atoms with E-state index in [0.29, 0.717) is 10.8 Å². The van der Waals surface area contributed by atoms with Crippen molar-refractivity contribution in [2.45, 2.75) is 13.8 Å². The number of anilines is 1. The maximum Gasteiger partial charge on any atom is 0.338 e. The number of carbonyl (C=O) groups is 1. The lowest BCUT2D eigenvalue weighted by Crippen LogP contribution is -2.03. The number of nitrogen functional groups attached to an aromatic ring is 1. The topological polar surface area (TPSA) is 72.5 Å². The van der Waals surface area contributed by atoms with Crippen LogP contribution < -0.4 is 10.5 Å². The lowest BCUT2D eigenvalue weighted by atomic mass is 10.1. The minimum atomic E-state index is -1.39. The first-order chi connectivity index (χ1) is 9.79. The highest BCUT2D eigenvalue weighted by Gasteiger charge is 2.15. The molecule has 0 aromatic heterocycles. The van der Waals surface area contributed by atoms with Gasteiger partial charge in [-0.25, -0.2) is 9.18 Å². The van der Waals surface area contributed by atoms with Crippen molar-refractivity contribution in [1.29, 1.82) is 0 Å². The molecule has 0 aliphatic rings. The lowest BCUT2D eigenvalue weighted by molar-refractivity contribution is 0.0692. The van der Waals surface area contributed by atoms with Gasteiger partial charge in [0.2, 0.25) is 0 Å². The van der Waals surface area contributed by atoms with Crippen LogP contribution in [0.2, 0.25) is 5.02 Å². The molecule has 110 valence electrons. The zero-order valence-electron chi connectivity index (χ0n) is 11.4. The Bertz CT molecular complexity index is 708. The van der Waals surface area contributed by atoms with Gasteiger partial charge >= 0.3 is 5.97 Å². The number of ether oxygens (including phenoxy) is 1. The van der Waals surface area contributed by atoms with Crippen LogP contribution in [-0.4, -0.2) is 11.1 Å². The molecule has 0 atom stereocenters. The van der Waals surface area contributed by atoms with Gasteiger partial charge in [0.25, 0.3) is 0 Å². The number of halogens is 2. The first-order valence-corrected chi connectivity index (χ1v) is 6.44. The van der Waals surface area contributed by atoms with Gasteiger partial charge in [-0.05, 0) is 43.2 Å². The van der Waals surface area contributed by atoms with Gasteiger partial charge in [-0.15, -0.1) is 0 Å². The molecule has 0 aliphatic carbocycles. The zero-order chi connectivity index (χ0) is 15.7. The van der Waals surface area contributed by atoms with Gasteiger partial charge in [-0.1, -0.05) is 11.6 Å². The predicted octanol–water partition coefficient (Wildman–Crippen LogP) is 4.17. The second-order valence-corrected chi connectivity index (χ2v) is 5.03. The molecule has 2 aromatic rings. The molecule has 0 amide bonds. The van der Waals surface area contributed by atoms with Crippen molar-refractivity contribution in [2.75, 3.05) is 5.73 Å². The smallest absolute Gasteiger partial charge is 0.338 e. The summed E-state index contributed by atoms with van der Waals surface area (Å²) in [6.07, 6.45) is 0. The van der Waals surface area contributed by atoms with E-state index in [9.17, 15) is 9.18 Å². The SMILES string of the molecule is Cc1cc(Oc2cc(F)c(C(=O)O)cc2N)cc(C)c1Cl. The number of hydrogen-bond donors (Lipinski definition) is 2. The van der Waals surface area contributed by atoms with Crippen molar-refractivity contribution in [2.24, 2.45) is 0 Å². The summed E-state index contributed by atoms with van der Waals surface area (Å²) >= 11 is 6.06. The van der Waals surface area contributed by atoms with Gasteiger partial charge in [0.05, 0.1) is 11.3 Å². The molecule has 0 unspecified atom stereocenters. The van der Waals surface area contributed by atoms with Crippen LogP contribution in [0.25, 0.3) is 0 Å². The Hall–Kier alpha value is -2.27. The van der Waals surface area contributed by atoms with Gasteiger partial charge in [0, 0.05) is 11.1 Å². The summed E-state index contributed by atoms with van der Waals surface area (Å²) in [7, 11) is 0. The number of rotatable bonds is 3. The van der Waals surface area contributed by atoms with Gasteiger partial charge < -0.3 is 15.6 Å².